The first-order chi connectivity index (χ1) is 14.5. The standard InChI is InChI=1S/C25H18BrNO3/c1-16(24(28)18-10-6-3-7-11-18)30-25(29)21-15-23(17-8-4-2-5-9-17)27-22-13-12-19(26)14-20(21)22/h2-16H,1H3/t16-/m0/s1. The van der Waals surface area contributed by atoms with Gasteiger partial charge < -0.3 is 4.74 Å². The summed E-state index contributed by atoms with van der Waals surface area (Å²) < 4.78 is 6.39. The van der Waals surface area contributed by atoms with Crippen molar-refractivity contribution in [3.8, 4) is 11.3 Å². The van der Waals surface area contributed by atoms with Crippen molar-refractivity contribution in [1.82, 2.24) is 4.98 Å². The highest BCUT2D eigenvalue weighted by molar-refractivity contribution is 9.10. The van der Waals surface area contributed by atoms with Gasteiger partial charge in [0, 0.05) is 21.0 Å². The van der Waals surface area contributed by atoms with E-state index in [9.17, 15) is 9.59 Å². The largest absolute Gasteiger partial charge is 0.451 e. The molecule has 0 radical (unpaired) electrons. The Morgan fingerprint density at radius 2 is 1.57 bits per heavy atom. The second-order valence-corrected chi connectivity index (χ2v) is 7.78. The number of pyridine rings is 1. The number of ketones is 1. The normalized spacial score (nSPS) is 11.8. The molecule has 0 fully saturated rings. The molecule has 4 rings (SSSR count). The predicted molar refractivity (Wildman–Crippen MR) is 121 cm³/mol. The number of esters is 1. The van der Waals surface area contributed by atoms with Gasteiger partial charge in [0.25, 0.3) is 0 Å². The molecule has 148 valence electrons. The summed E-state index contributed by atoms with van der Waals surface area (Å²) >= 11 is 3.45. The Morgan fingerprint density at radius 1 is 0.900 bits per heavy atom. The third-order valence-corrected chi connectivity index (χ3v) is 5.26. The van der Waals surface area contributed by atoms with Crippen molar-refractivity contribution in [3.63, 3.8) is 0 Å². The van der Waals surface area contributed by atoms with Gasteiger partial charge in [-0.15, -0.1) is 0 Å². The van der Waals surface area contributed by atoms with Crippen molar-refractivity contribution in [2.45, 2.75) is 13.0 Å². The molecular weight excluding hydrogens is 442 g/mol. The minimum Gasteiger partial charge on any atom is -0.451 e. The quantitative estimate of drug-likeness (QED) is 0.267. The Morgan fingerprint density at radius 3 is 2.27 bits per heavy atom. The van der Waals surface area contributed by atoms with Crippen LogP contribution < -0.4 is 0 Å². The number of halogens is 1. The molecule has 1 heterocycles. The van der Waals surface area contributed by atoms with E-state index in [1.54, 1.807) is 37.3 Å². The molecule has 0 spiro atoms. The molecule has 0 N–H and O–H groups in total. The molecule has 4 aromatic rings. The van der Waals surface area contributed by atoms with Gasteiger partial charge in [0.2, 0.25) is 5.78 Å². The third-order valence-electron chi connectivity index (χ3n) is 4.77. The number of rotatable bonds is 5. The van der Waals surface area contributed by atoms with Crippen LogP contribution in [-0.2, 0) is 4.74 Å². The summed E-state index contributed by atoms with van der Waals surface area (Å²) in [6, 6.07) is 25.7. The lowest BCUT2D eigenvalue weighted by Gasteiger charge is -2.14. The first-order valence-corrected chi connectivity index (χ1v) is 10.3. The summed E-state index contributed by atoms with van der Waals surface area (Å²) in [5.41, 5.74) is 3.11. The molecule has 0 aliphatic carbocycles. The molecular formula is C25H18BrNO3. The zero-order valence-electron chi connectivity index (χ0n) is 16.2. The number of aromatic nitrogens is 1. The Hall–Kier alpha value is -3.31. The number of fused-ring (bicyclic) bond motifs is 1. The lowest BCUT2D eigenvalue weighted by atomic mass is 10.0. The number of carbonyl (C=O) groups excluding carboxylic acids is 2. The molecule has 1 atom stereocenters. The third kappa shape index (κ3) is 4.16. The van der Waals surface area contributed by atoms with E-state index in [0.29, 0.717) is 27.7 Å². The van der Waals surface area contributed by atoms with E-state index in [1.165, 1.54) is 0 Å². The van der Waals surface area contributed by atoms with Crippen molar-refractivity contribution in [1.29, 1.82) is 0 Å². The van der Waals surface area contributed by atoms with E-state index in [-0.39, 0.29) is 5.78 Å². The minimum atomic E-state index is -0.907. The highest BCUT2D eigenvalue weighted by atomic mass is 79.9. The molecule has 0 saturated carbocycles. The number of Topliss-reactive ketones (excluding diaryl/α,β-unsaturated/α-hetero) is 1. The number of hydrogen-bond donors (Lipinski definition) is 0. The zero-order chi connectivity index (χ0) is 21.1. The van der Waals surface area contributed by atoms with Crippen molar-refractivity contribution in [3.05, 3.63) is 101 Å². The van der Waals surface area contributed by atoms with Gasteiger partial charge in [0.05, 0.1) is 16.8 Å². The second-order valence-electron chi connectivity index (χ2n) is 6.86. The average molecular weight is 460 g/mol. The van der Waals surface area contributed by atoms with Gasteiger partial charge in [-0.1, -0.05) is 76.6 Å². The van der Waals surface area contributed by atoms with Crippen LogP contribution in [-0.4, -0.2) is 22.8 Å². The number of nitrogens with zero attached hydrogens (tertiary/aromatic N) is 1. The lowest BCUT2D eigenvalue weighted by Crippen LogP contribution is -2.24. The van der Waals surface area contributed by atoms with Crippen LogP contribution in [0, 0.1) is 0 Å². The molecule has 3 aromatic carbocycles. The summed E-state index contributed by atoms with van der Waals surface area (Å²) in [7, 11) is 0. The highest BCUT2D eigenvalue weighted by Gasteiger charge is 2.22. The Bertz CT molecular complexity index is 1220. The van der Waals surface area contributed by atoms with E-state index in [2.05, 4.69) is 15.9 Å². The molecule has 0 aliphatic rings. The first kappa shape index (κ1) is 20.0. The van der Waals surface area contributed by atoms with Gasteiger partial charge in [0.15, 0.2) is 6.10 Å². The van der Waals surface area contributed by atoms with Crippen LogP contribution in [0.2, 0.25) is 0 Å². The summed E-state index contributed by atoms with van der Waals surface area (Å²) in [6.07, 6.45) is -0.907. The van der Waals surface area contributed by atoms with Gasteiger partial charge in [-0.3, -0.25) is 4.79 Å². The summed E-state index contributed by atoms with van der Waals surface area (Å²) in [6.45, 7) is 1.59. The van der Waals surface area contributed by atoms with E-state index >= 15 is 0 Å². The molecule has 5 heteroatoms. The average Bonchev–Trinajstić information content (AvgIpc) is 2.79. The highest BCUT2D eigenvalue weighted by Crippen LogP contribution is 2.28. The second kappa shape index (κ2) is 8.59. The zero-order valence-corrected chi connectivity index (χ0v) is 17.8. The van der Waals surface area contributed by atoms with Crippen molar-refractivity contribution in [2.24, 2.45) is 0 Å². The maximum absolute atomic E-state index is 13.1. The van der Waals surface area contributed by atoms with Gasteiger partial charge in [-0.05, 0) is 31.2 Å². The van der Waals surface area contributed by atoms with Gasteiger partial charge in [0.1, 0.15) is 0 Å². The minimum absolute atomic E-state index is 0.244. The van der Waals surface area contributed by atoms with Crippen LogP contribution in [0.15, 0.2) is 89.4 Å². The van der Waals surface area contributed by atoms with Crippen LogP contribution in [0.1, 0.15) is 27.6 Å². The topological polar surface area (TPSA) is 56.3 Å². The van der Waals surface area contributed by atoms with Gasteiger partial charge >= 0.3 is 5.97 Å². The van der Waals surface area contributed by atoms with Gasteiger partial charge in [-0.25, -0.2) is 9.78 Å². The molecule has 30 heavy (non-hydrogen) atoms. The van der Waals surface area contributed by atoms with Crippen molar-refractivity contribution >= 4 is 38.6 Å². The number of ether oxygens (including phenoxy) is 1. The molecule has 1 aromatic heterocycles. The number of carbonyl (C=O) groups is 2. The number of hydrogen-bond acceptors (Lipinski definition) is 4. The van der Waals surface area contributed by atoms with E-state index in [1.807, 2.05) is 54.6 Å². The molecule has 4 nitrogen and oxygen atoms in total. The predicted octanol–water partition coefficient (Wildman–Crippen LogP) is 6.09. The van der Waals surface area contributed by atoms with Crippen LogP contribution in [0.5, 0.6) is 0 Å². The van der Waals surface area contributed by atoms with Crippen LogP contribution in [0.4, 0.5) is 0 Å². The number of benzene rings is 3. The fraction of sp³-hybridized carbons (Fsp3) is 0.0800. The monoisotopic (exact) mass is 459 g/mol. The SMILES string of the molecule is C[C@H](OC(=O)c1cc(-c2ccccc2)nc2ccc(Br)cc12)C(=O)c1ccccc1. The summed E-state index contributed by atoms with van der Waals surface area (Å²) in [5.74, 6) is -0.804. The fourth-order valence-corrected chi connectivity index (χ4v) is 3.60. The fourth-order valence-electron chi connectivity index (χ4n) is 3.24. The maximum atomic E-state index is 13.1. The van der Waals surface area contributed by atoms with Crippen molar-refractivity contribution in [2.75, 3.05) is 0 Å². The van der Waals surface area contributed by atoms with Crippen LogP contribution in [0.25, 0.3) is 22.2 Å². The Labute approximate surface area is 182 Å². The molecule has 0 amide bonds. The summed E-state index contributed by atoms with van der Waals surface area (Å²) in [4.78, 5) is 30.4. The van der Waals surface area contributed by atoms with Crippen LogP contribution in [0.3, 0.4) is 0 Å². The first-order valence-electron chi connectivity index (χ1n) is 9.49. The molecule has 0 unspecified atom stereocenters. The smallest absolute Gasteiger partial charge is 0.339 e. The van der Waals surface area contributed by atoms with E-state index in [0.717, 1.165) is 10.0 Å². The van der Waals surface area contributed by atoms with E-state index < -0.39 is 12.1 Å². The summed E-state index contributed by atoms with van der Waals surface area (Å²) in [5, 5.41) is 0.661. The maximum Gasteiger partial charge on any atom is 0.339 e. The van der Waals surface area contributed by atoms with E-state index in [4.69, 9.17) is 9.72 Å². The van der Waals surface area contributed by atoms with Gasteiger partial charge in [-0.2, -0.15) is 0 Å². The Kier molecular flexibility index (Phi) is 5.72. The van der Waals surface area contributed by atoms with Crippen LogP contribution >= 0.6 is 15.9 Å². The molecule has 0 bridgehead atoms. The molecule has 0 aliphatic heterocycles. The Balaban J connectivity index is 1.72. The lowest BCUT2D eigenvalue weighted by molar-refractivity contribution is 0.0320. The van der Waals surface area contributed by atoms with Crippen molar-refractivity contribution < 1.29 is 14.3 Å². The molecule has 0 saturated heterocycles.